The smallest absolute Gasteiger partial charge is 0.387 e. The summed E-state index contributed by atoms with van der Waals surface area (Å²) in [6, 6.07) is 0. The first-order chi connectivity index (χ1) is 2.81. The molecule has 0 fully saturated rings. The topological polar surface area (TPSA) is 38.7 Å². The van der Waals surface area contributed by atoms with E-state index in [1.54, 1.807) is 0 Å². The van der Waals surface area contributed by atoms with Crippen LogP contribution in [0.1, 0.15) is 0 Å². The normalized spacial score (nSPS) is 10.0. The van der Waals surface area contributed by atoms with Crippen molar-refractivity contribution < 1.29 is 13.6 Å². The van der Waals surface area contributed by atoms with Crippen LogP contribution in [0.4, 0.5) is 0 Å². The third-order valence-corrected chi connectivity index (χ3v) is 1.05. The van der Waals surface area contributed by atoms with Crippen LogP contribution in [0, 0.1) is 0 Å². The molecule has 0 heterocycles. The van der Waals surface area contributed by atoms with Gasteiger partial charge in [-0.2, -0.15) is 0 Å². The summed E-state index contributed by atoms with van der Waals surface area (Å²) in [4.78, 5) is 8.32. The Labute approximate surface area is 38.5 Å². The van der Waals surface area contributed by atoms with Crippen molar-refractivity contribution in [1.29, 1.82) is 0 Å². The second-order valence-corrected chi connectivity index (χ2v) is 2.02. The van der Waals surface area contributed by atoms with Crippen molar-refractivity contribution in [3.8, 4) is 0 Å². The Hall–Kier alpha value is 0.0969. The van der Waals surface area contributed by atoms with Gasteiger partial charge in [0.15, 0.2) is 0 Å². The molecule has 0 rings (SSSR count). The van der Waals surface area contributed by atoms with Gasteiger partial charge in [-0.05, 0) is 0 Å². The molecule has 0 amide bonds. The maximum absolute atomic E-state index is 8.32. The molecule has 0 aromatic carbocycles. The zero-order chi connectivity index (χ0) is 4.99. The van der Waals surface area contributed by atoms with Gasteiger partial charge in [0.05, 0.1) is 0 Å². The molecule has 0 saturated heterocycles. The molecule has 0 saturated carbocycles. The fraction of sp³-hybridized carbons (Fsp3) is 1.00. The summed E-state index contributed by atoms with van der Waals surface area (Å²) in [5.74, 6) is 0. The van der Waals surface area contributed by atoms with Crippen molar-refractivity contribution in [3.63, 3.8) is 0 Å². The summed E-state index contributed by atoms with van der Waals surface area (Å²) in [7, 11) is 0.933. The van der Waals surface area contributed by atoms with Gasteiger partial charge in [-0.3, -0.25) is 0 Å². The lowest BCUT2D eigenvalue weighted by Crippen LogP contribution is -2.17. The van der Waals surface area contributed by atoms with E-state index >= 15 is 0 Å². The highest BCUT2D eigenvalue weighted by Gasteiger charge is 2.04. The molecule has 37 valence electrons. The van der Waals surface area contributed by atoms with E-state index in [1.165, 1.54) is 14.2 Å². The average molecular weight is 107 g/mol. The standard InChI is InChI=1S/C2H7O3Si/c1-4-6(3)5-2/h3H,1-2H3. The quantitative estimate of drug-likeness (QED) is 0.472. The Bertz CT molecular complexity index is 28.0. The van der Waals surface area contributed by atoms with E-state index < -0.39 is 9.53 Å². The molecular formula is C2H7O3Si. The fourth-order valence-corrected chi connectivity index (χ4v) is 0.250. The van der Waals surface area contributed by atoms with Crippen LogP contribution in [0.25, 0.3) is 0 Å². The lowest BCUT2D eigenvalue weighted by Gasteiger charge is -1.95. The summed E-state index contributed by atoms with van der Waals surface area (Å²) in [6.07, 6.45) is 0. The van der Waals surface area contributed by atoms with Crippen LogP contribution in [0.2, 0.25) is 0 Å². The molecular weight excluding hydrogens is 100 g/mol. The first-order valence-electron chi connectivity index (χ1n) is 1.45. The predicted molar refractivity (Wildman–Crippen MR) is 22.0 cm³/mol. The van der Waals surface area contributed by atoms with E-state index in [-0.39, 0.29) is 0 Å². The van der Waals surface area contributed by atoms with E-state index in [2.05, 4.69) is 8.85 Å². The molecule has 0 spiro atoms. The highest BCUT2D eigenvalue weighted by atomic mass is 28.3. The molecule has 1 radical (unpaired) electrons. The Morgan fingerprint density at radius 2 is 1.67 bits per heavy atom. The van der Waals surface area contributed by atoms with Gasteiger partial charge in [0.1, 0.15) is 0 Å². The zero-order valence-corrected chi connectivity index (χ0v) is 4.76. The Morgan fingerprint density at radius 1 is 1.33 bits per heavy atom. The number of rotatable bonds is 2. The van der Waals surface area contributed by atoms with E-state index in [9.17, 15) is 0 Å². The van der Waals surface area contributed by atoms with Crippen LogP contribution in [0.3, 0.4) is 0 Å². The molecule has 0 atom stereocenters. The molecule has 0 bridgehead atoms. The van der Waals surface area contributed by atoms with E-state index in [1.807, 2.05) is 0 Å². The molecule has 0 unspecified atom stereocenters. The minimum absolute atomic E-state index is 1.40. The van der Waals surface area contributed by atoms with Gasteiger partial charge in [-0.25, -0.2) is 0 Å². The van der Waals surface area contributed by atoms with Crippen LogP contribution in [0.15, 0.2) is 0 Å². The van der Waals surface area contributed by atoms with Crippen molar-refractivity contribution in [3.05, 3.63) is 0 Å². The SMILES string of the molecule is CO[Si](O)OC. The molecule has 0 aliphatic carbocycles. The second kappa shape index (κ2) is 3.29. The fourth-order valence-electron chi connectivity index (χ4n) is 0.0833. The monoisotopic (exact) mass is 107 g/mol. The molecule has 3 nitrogen and oxygen atoms in total. The van der Waals surface area contributed by atoms with Gasteiger partial charge in [-0.15, -0.1) is 0 Å². The van der Waals surface area contributed by atoms with Crippen LogP contribution in [-0.4, -0.2) is 28.5 Å². The molecule has 4 heteroatoms. The molecule has 0 aromatic heterocycles. The Balaban J connectivity index is 2.75. The van der Waals surface area contributed by atoms with Crippen LogP contribution in [0.5, 0.6) is 0 Å². The first-order valence-corrected chi connectivity index (χ1v) is 2.71. The Morgan fingerprint density at radius 3 is 1.67 bits per heavy atom. The van der Waals surface area contributed by atoms with Crippen molar-refractivity contribution in [1.82, 2.24) is 0 Å². The number of hydrogen-bond acceptors (Lipinski definition) is 3. The summed E-state index contributed by atoms with van der Waals surface area (Å²) in [5.41, 5.74) is 0. The second-order valence-electron chi connectivity index (χ2n) is 0.674. The average Bonchev–Trinajstić information content (AvgIpc) is 1.65. The van der Waals surface area contributed by atoms with Crippen molar-refractivity contribution >= 4 is 9.53 Å². The predicted octanol–water partition coefficient (Wildman–Crippen LogP) is -0.744. The van der Waals surface area contributed by atoms with Crippen LogP contribution in [-0.2, 0) is 8.85 Å². The van der Waals surface area contributed by atoms with Gasteiger partial charge in [-0.1, -0.05) is 0 Å². The summed E-state index contributed by atoms with van der Waals surface area (Å²) in [5, 5.41) is 0. The minimum Gasteiger partial charge on any atom is -0.387 e. The van der Waals surface area contributed by atoms with Gasteiger partial charge in [0.2, 0.25) is 0 Å². The van der Waals surface area contributed by atoms with Crippen molar-refractivity contribution in [2.75, 3.05) is 14.2 Å². The first kappa shape index (κ1) is 6.10. The summed E-state index contributed by atoms with van der Waals surface area (Å²) < 4.78 is 8.67. The number of hydrogen-bond donors (Lipinski definition) is 1. The van der Waals surface area contributed by atoms with Crippen molar-refractivity contribution in [2.45, 2.75) is 0 Å². The maximum atomic E-state index is 8.32. The lowest BCUT2D eigenvalue weighted by atomic mass is 11.8. The molecule has 6 heavy (non-hydrogen) atoms. The third-order valence-electron chi connectivity index (χ3n) is 0.349. The van der Waals surface area contributed by atoms with Gasteiger partial charge < -0.3 is 13.6 Å². The van der Waals surface area contributed by atoms with E-state index in [0.717, 1.165) is 0 Å². The Kier molecular flexibility index (Phi) is 3.35. The third kappa shape index (κ3) is 2.34. The van der Waals surface area contributed by atoms with Gasteiger partial charge in [0.25, 0.3) is 0 Å². The minimum atomic E-state index is -1.87. The van der Waals surface area contributed by atoms with Crippen molar-refractivity contribution in [2.24, 2.45) is 0 Å². The van der Waals surface area contributed by atoms with Crippen LogP contribution >= 0.6 is 0 Å². The largest absolute Gasteiger partial charge is 0.574 e. The van der Waals surface area contributed by atoms with Gasteiger partial charge in [0, 0.05) is 14.2 Å². The molecule has 1 N–H and O–H groups in total. The van der Waals surface area contributed by atoms with E-state index in [4.69, 9.17) is 4.80 Å². The van der Waals surface area contributed by atoms with E-state index in [0.29, 0.717) is 0 Å². The molecule has 0 aromatic rings. The maximum Gasteiger partial charge on any atom is 0.574 e. The van der Waals surface area contributed by atoms with Crippen LogP contribution < -0.4 is 0 Å². The highest BCUT2D eigenvalue weighted by molar-refractivity contribution is 6.34. The zero-order valence-electron chi connectivity index (χ0n) is 3.76. The molecule has 0 aliphatic rings. The lowest BCUT2D eigenvalue weighted by molar-refractivity contribution is 0.193. The van der Waals surface area contributed by atoms with Gasteiger partial charge >= 0.3 is 9.53 Å². The molecule has 0 aliphatic heterocycles. The highest BCUT2D eigenvalue weighted by Crippen LogP contribution is 1.71. The summed E-state index contributed by atoms with van der Waals surface area (Å²) in [6.45, 7) is 0. The summed E-state index contributed by atoms with van der Waals surface area (Å²) >= 11 is 0.